The zero-order chi connectivity index (χ0) is 11.4. The van der Waals surface area contributed by atoms with Crippen molar-refractivity contribution in [1.82, 2.24) is 4.98 Å². The van der Waals surface area contributed by atoms with Crippen LogP contribution in [0.2, 0.25) is 0 Å². The number of nitrogens with zero attached hydrogens (tertiary/aromatic N) is 1. The predicted molar refractivity (Wildman–Crippen MR) is 60.6 cm³/mol. The maximum atomic E-state index is 12.6. The number of hydrogen-bond donors (Lipinski definition) is 2. The molecule has 0 amide bonds. The summed E-state index contributed by atoms with van der Waals surface area (Å²) in [6, 6.07) is 3.05. The standard InChI is InChI=1S/C12H17FN2O/c13-10-3-6-12(15-8-10)14-7-9-1-4-11(16)5-2-9/h3,6,8-9,11,16H,1-2,4-5,7H2,(H,14,15). The minimum Gasteiger partial charge on any atom is -0.393 e. The molecule has 1 aromatic heterocycles. The van der Waals surface area contributed by atoms with E-state index in [1.807, 2.05) is 0 Å². The van der Waals surface area contributed by atoms with Crippen LogP contribution in [-0.4, -0.2) is 22.7 Å². The van der Waals surface area contributed by atoms with Gasteiger partial charge in [-0.05, 0) is 43.7 Å². The van der Waals surface area contributed by atoms with Crippen molar-refractivity contribution < 1.29 is 9.50 Å². The lowest BCUT2D eigenvalue weighted by Gasteiger charge is -2.25. The molecule has 0 atom stereocenters. The van der Waals surface area contributed by atoms with E-state index >= 15 is 0 Å². The fraction of sp³-hybridized carbons (Fsp3) is 0.583. The molecule has 1 fully saturated rings. The van der Waals surface area contributed by atoms with E-state index in [9.17, 15) is 9.50 Å². The van der Waals surface area contributed by atoms with Crippen molar-refractivity contribution in [3.8, 4) is 0 Å². The van der Waals surface area contributed by atoms with Crippen molar-refractivity contribution >= 4 is 5.82 Å². The molecule has 4 heteroatoms. The van der Waals surface area contributed by atoms with E-state index in [0.717, 1.165) is 32.2 Å². The Kier molecular flexibility index (Phi) is 3.72. The summed E-state index contributed by atoms with van der Waals surface area (Å²) in [6.07, 6.45) is 4.99. The van der Waals surface area contributed by atoms with Gasteiger partial charge in [0.2, 0.25) is 0 Å². The van der Waals surface area contributed by atoms with Crippen molar-refractivity contribution in [2.45, 2.75) is 31.8 Å². The lowest BCUT2D eigenvalue weighted by molar-refractivity contribution is 0.111. The Hall–Kier alpha value is -1.16. The van der Waals surface area contributed by atoms with Crippen LogP contribution >= 0.6 is 0 Å². The van der Waals surface area contributed by atoms with Crippen molar-refractivity contribution in [2.75, 3.05) is 11.9 Å². The minimum absolute atomic E-state index is 0.111. The molecular weight excluding hydrogens is 207 g/mol. The number of pyridine rings is 1. The first-order chi connectivity index (χ1) is 7.74. The normalized spacial score (nSPS) is 25.4. The van der Waals surface area contributed by atoms with Crippen molar-refractivity contribution in [1.29, 1.82) is 0 Å². The fourth-order valence-corrected chi connectivity index (χ4v) is 2.08. The molecular formula is C12H17FN2O. The van der Waals surface area contributed by atoms with Crippen molar-refractivity contribution in [2.24, 2.45) is 5.92 Å². The molecule has 1 heterocycles. The highest BCUT2D eigenvalue weighted by Gasteiger charge is 2.18. The molecule has 1 aliphatic carbocycles. The smallest absolute Gasteiger partial charge is 0.141 e. The summed E-state index contributed by atoms with van der Waals surface area (Å²) in [5.74, 6) is 0.995. The first-order valence-electron chi connectivity index (χ1n) is 5.77. The van der Waals surface area contributed by atoms with Crippen LogP contribution in [0.15, 0.2) is 18.3 Å². The number of aliphatic hydroxyl groups is 1. The molecule has 1 aliphatic rings. The molecule has 0 aromatic carbocycles. The van der Waals surface area contributed by atoms with E-state index in [1.54, 1.807) is 6.07 Å². The third-order valence-corrected chi connectivity index (χ3v) is 3.12. The molecule has 1 saturated carbocycles. The summed E-state index contributed by atoms with van der Waals surface area (Å²) in [5, 5.41) is 12.6. The van der Waals surface area contributed by atoms with Crippen LogP contribution in [0, 0.1) is 11.7 Å². The van der Waals surface area contributed by atoms with Gasteiger partial charge in [-0.3, -0.25) is 0 Å². The minimum atomic E-state index is -0.314. The second kappa shape index (κ2) is 5.25. The zero-order valence-corrected chi connectivity index (χ0v) is 9.19. The Morgan fingerprint density at radius 2 is 2.06 bits per heavy atom. The van der Waals surface area contributed by atoms with E-state index < -0.39 is 0 Å². The third-order valence-electron chi connectivity index (χ3n) is 3.12. The maximum absolute atomic E-state index is 12.6. The summed E-state index contributed by atoms with van der Waals surface area (Å²) in [5.41, 5.74) is 0. The van der Waals surface area contributed by atoms with Crippen LogP contribution in [0.25, 0.3) is 0 Å². The first kappa shape index (κ1) is 11.3. The van der Waals surface area contributed by atoms with Gasteiger partial charge in [0.1, 0.15) is 11.6 Å². The summed E-state index contributed by atoms with van der Waals surface area (Å²) in [7, 11) is 0. The van der Waals surface area contributed by atoms with Gasteiger partial charge >= 0.3 is 0 Å². The Bertz CT molecular complexity index is 320. The molecule has 0 aliphatic heterocycles. The van der Waals surface area contributed by atoms with E-state index in [2.05, 4.69) is 10.3 Å². The number of aliphatic hydroxyl groups excluding tert-OH is 1. The largest absolute Gasteiger partial charge is 0.393 e. The van der Waals surface area contributed by atoms with Crippen LogP contribution in [0.3, 0.4) is 0 Å². The van der Waals surface area contributed by atoms with Gasteiger partial charge in [-0.1, -0.05) is 0 Å². The second-order valence-electron chi connectivity index (χ2n) is 4.42. The number of halogens is 1. The molecule has 0 spiro atoms. The molecule has 0 unspecified atom stereocenters. The molecule has 16 heavy (non-hydrogen) atoms. The molecule has 88 valence electrons. The summed E-state index contributed by atoms with van der Waals surface area (Å²) >= 11 is 0. The van der Waals surface area contributed by atoms with Crippen LogP contribution < -0.4 is 5.32 Å². The van der Waals surface area contributed by atoms with Gasteiger partial charge in [0.15, 0.2) is 0 Å². The predicted octanol–water partition coefficient (Wildman–Crippen LogP) is 2.18. The highest BCUT2D eigenvalue weighted by atomic mass is 19.1. The Morgan fingerprint density at radius 3 is 2.69 bits per heavy atom. The van der Waals surface area contributed by atoms with Gasteiger partial charge in [-0.15, -0.1) is 0 Å². The van der Waals surface area contributed by atoms with Gasteiger partial charge in [0, 0.05) is 6.54 Å². The maximum Gasteiger partial charge on any atom is 0.141 e. The summed E-state index contributed by atoms with van der Waals surface area (Å²) in [6.45, 7) is 0.853. The van der Waals surface area contributed by atoms with E-state index in [0.29, 0.717) is 11.7 Å². The number of nitrogens with one attached hydrogen (secondary N) is 1. The van der Waals surface area contributed by atoms with Crippen LogP contribution in [0.5, 0.6) is 0 Å². The van der Waals surface area contributed by atoms with Crippen LogP contribution in [0.1, 0.15) is 25.7 Å². The number of hydrogen-bond acceptors (Lipinski definition) is 3. The highest BCUT2D eigenvalue weighted by Crippen LogP contribution is 2.24. The summed E-state index contributed by atoms with van der Waals surface area (Å²) in [4.78, 5) is 3.94. The van der Waals surface area contributed by atoms with Gasteiger partial charge in [0.25, 0.3) is 0 Å². The molecule has 0 radical (unpaired) electrons. The number of rotatable bonds is 3. The van der Waals surface area contributed by atoms with Gasteiger partial charge in [0.05, 0.1) is 12.3 Å². The van der Waals surface area contributed by atoms with Crippen LogP contribution in [-0.2, 0) is 0 Å². The topological polar surface area (TPSA) is 45.1 Å². The zero-order valence-electron chi connectivity index (χ0n) is 9.19. The molecule has 0 saturated heterocycles. The second-order valence-corrected chi connectivity index (χ2v) is 4.42. The van der Waals surface area contributed by atoms with E-state index in [-0.39, 0.29) is 11.9 Å². The third kappa shape index (κ3) is 3.17. The Morgan fingerprint density at radius 1 is 1.31 bits per heavy atom. The average molecular weight is 224 g/mol. The number of aromatic nitrogens is 1. The molecule has 3 nitrogen and oxygen atoms in total. The van der Waals surface area contributed by atoms with Gasteiger partial charge in [-0.2, -0.15) is 0 Å². The molecule has 1 aromatic rings. The molecule has 2 N–H and O–H groups in total. The Labute approximate surface area is 94.7 Å². The first-order valence-corrected chi connectivity index (χ1v) is 5.77. The average Bonchev–Trinajstić information content (AvgIpc) is 2.30. The SMILES string of the molecule is OC1CCC(CNc2ccc(F)cn2)CC1. The van der Waals surface area contributed by atoms with Gasteiger partial charge < -0.3 is 10.4 Å². The number of anilines is 1. The van der Waals surface area contributed by atoms with Gasteiger partial charge in [-0.25, -0.2) is 9.37 Å². The molecule has 0 bridgehead atoms. The van der Waals surface area contributed by atoms with Crippen LogP contribution in [0.4, 0.5) is 10.2 Å². The molecule has 2 rings (SSSR count). The highest BCUT2D eigenvalue weighted by molar-refractivity contribution is 5.33. The Balaban J connectivity index is 1.77. The lowest BCUT2D eigenvalue weighted by atomic mass is 9.87. The van der Waals surface area contributed by atoms with E-state index in [4.69, 9.17) is 0 Å². The quantitative estimate of drug-likeness (QED) is 0.827. The van der Waals surface area contributed by atoms with Crippen molar-refractivity contribution in [3.05, 3.63) is 24.1 Å². The van der Waals surface area contributed by atoms with Crippen molar-refractivity contribution in [3.63, 3.8) is 0 Å². The monoisotopic (exact) mass is 224 g/mol. The lowest BCUT2D eigenvalue weighted by Crippen LogP contribution is -2.23. The van der Waals surface area contributed by atoms with E-state index in [1.165, 1.54) is 12.3 Å². The summed E-state index contributed by atoms with van der Waals surface area (Å²) < 4.78 is 12.6. The fourth-order valence-electron chi connectivity index (χ4n) is 2.08.